The maximum Gasteiger partial charge on any atom is 0.243 e. The van der Waals surface area contributed by atoms with Gasteiger partial charge in [0.2, 0.25) is 19.0 Å². The van der Waals surface area contributed by atoms with E-state index in [9.17, 15) is 14.7 Å². The van der Waals surface area contributed by atoms with Gasteiger partial charge in [0.25, 0.3) is 0 Å². The Hall–Kier alpha value is -3.27. The molecule has 0 saturated heterocycles. The Kier molecular flexibility index (Phi) is 16.0. The molecule has 9 nitrogen and oxygen atoms in total. The molecule has 43 heavy (non-hydrogen) atoms. The summed E-state index contributed by atoms with van der Waals surface area (Å²) in [5.41, 5.74) is 1.77. The smallest absolute Gasteiger partial charge is 0.243 e. The van der Waals surface area contributed by atoms with Crippen LogP contribution in [0.25, 0.3) is 0 Å². The fraction of sp³-hybridized carbons (Fsp3) is 0.344. The molecule has 11 heteroatoms. The first-order valence-corrected chi connectivity index (χ1v) is 18.1. The molecule has 0 fully saturated rings. The summed E-state index contributed by atoms with van der Waals surface area (Å²) in [6, 6.07) is 18.5. The highest BCUT2D eigenvalue weighted by atomic mass is 32.5. The average Bonchev–Trinajstić information content (AvgIpc) is 3.75. The van der Waals surface area contributed by atoms with Gasteiger partial charge in [0.1, 0.15) is 37.2 Å². The van der Waals surface area contributed by atoms with E-state index in [-0.39, 0.29) is 0 Å². The van der Waals surface area contributed by atoms with Gasteiger partial charge in [-0.25, -0.2) is 37.5 Å². The molecule has 3 aromatic heterocycles. The van der Waals surface area contributed by atoms with Crippen molar-refractivity contribution < 1.29 is 28.4 Å². The predicted octanol–water partition coefficient (Wildman–Crippen LogP) is 1.76. The van der Waals surface area contributed by atoms with Crippen LogP contribution in [0, 0.1) is 0 Å². The molecule has 0 atom stereocenters. The standard InChI is InChI=1S/C14H14O3PS.3C6H11N2/c15-18(16,17)19(11-13-7-3-1-4-8-13)12-14-9-5-2-6-10-14;3*1-3-8-5-4-7(2)6-8/h1-10H,11-12H2;3*4-6H,3H2,1-2H3/q-3;3*+1. The first-order chi connectivity index (χ1) is 20.5. The topological polar surface area (TPSA) is 95.6 Å². The Morgan fingerprint density at radius 3 is 1.05 bits per heavy atom. The Morgan fingerprint density at radius 2 is 0.860 bits per heavy atom. The van der Waals surface area contributed by atoms with E-state index < -0.39 is 16.8 Å². The van der Waals surface area contributed by atoms with Crippen LogP contribution < -0.4 is 28.4 Å². The first-order valence-electron chi connectivity index (χ1n) is 14.3. The average molecular weight is 627 g/mol. The summed E-state index contributed by atoms with van der Waals surface area (Å²) in [4.78, 5) is 34.3. The van der Waals surface area contributed by atoms with Crippen LogP contribution in [0.2, 0.25) is 0 Å². The van der Waals surface area contributed by atoms with Crippen molar-refractivity contribution in [3.63, 3.8) is 0 Å². The second-order valence-corrected chi connectivity index (χ2v) is 15.2. The molecule has 0 aliphatic heterocycles. The van der Waals surface area contributed by atoms with Crippen LogP contribution in [0.3, 0.4) is 0 Å². The van der Waals surface area contributed by atoms with Crippen LogP contribution in [0.4, 0.5) is 0 Å². The highest BCUT2D eigenvalue weighted by Crippen LogP contribution is 2.26. The van der Waals surface area contributed by atoms with Gasteiger partial charge < -0.3 is 21.4 Å². The summed E-state index contributed by atoms with van der Waals surface area (Å²) >= 11 is 0. The molecule has 5 rings (SSSR count). The summed E-state index contributed by atoms with van der Waals surface area (Å²) in [7, 11) is 4.86. The molecular formula is C32H47N6O3PS. The molecule has 0 bridgehead atoms. The number of rotatable bonds is 7. The lowest BCUT2D eigenvalue weighted by Crippen LogP contribution is -2.30. The van der Waals surface area contributed by atoms with Gasteiger partial charge in [-0.2, -0.15) is 0 Å². The number of aryl methyl sites for hydroxylation is 6. The monoisotopic (exact) mass is 626 g/mol. The summed E-state index contributed by atoms with van der Waals surface area (Å²) in [5.74, 6) is 0.583. The van der Waals surface area contributed by atoms with Gasteiger partial charge in [-0.15, -0.1) is 0 Å². The number of hydrogen-bond donors (Lipinski definition) is 0. The second-order valence-electron chi connectivity index (χ2n) is 9.90. The molecule has 0 unspecified atom stereocenters. The molecule has 0 aliphatic carbocycles. The van der Waals surface area contributed by atoms with Gasteiger partial charge in [0, 0.05) is 11.5 Å². The van der Waals surface area contributed by atoms with Crippen molar-refractivity contribution in [3.8, 4) is 0 Å². The maximum atomic E-state index is 11.4. The summed E-state index contributed by atoms with van der Waals surface area (Å²) in [6.07, 6.45) is 18.4. The van der Waals surface area contributed by atoms with E-state index in [0.717, 1.165) is 30.8 Å². The molecule has 0 N–H and O–H groups in total. The lowest BCUT2D eigenvalue weighted by atomic mass is 10.2. The van der Waals surface area contributed by atoms with Crippen molar-refractivity contribution in [2.45, 2.75) is 51.9 Å². The summed E-state index contributed by atoms with van der Waals surface area (Å²) in [5, 5.41) is 0. The maximum absolute atomic E-state index is 11.4. The van der Waals surface area contributed by atoms with E-state index in [1.165, 1.54) is 0 Å². The Labute approximate surface area is 259 Å². The van der Waals surface area contributed by atoms with Crippen LogP contribution in [0.1, 0.15) is 31.9 Å². The van der Waals surface area contributed by atoms with E-state index in [2.05, 4.69) is 72.0 Å². The fourth-order valence-electron chi connectivity index (χ4n) is 3.81. The van der Waals surface area contributed by atoms with E-state index in [4.69, 9.17) is 0 Å². The van der Waals surface area contributed by atoms with Gasteiger partial charge in [0.05, 0.1) is 40.8 Å². The van der Waals surface area contributed by atoms with Crippen molar-refractivity contribution in [2.75, 3.05) is 0 Å². The Morgan fingerprint density at radius 1 is 0.558 bits per heavy atom. The van der Waals surface area contributed by atoms with Crippen LogP contribution in [-0.4, -0.2) is 13.7 Å². The van der Waals surface area contributed by atoms with Crippen molar-refractivity contribution in [3.05, 3.63) is 128 Å². The molecule has 0 spiro atoms. The van der Waals surface area contributed by atoms with Crippen molar-refractivity contribution in [2.24, 2.45) is 21.1 Å². The Bertz CT molecular complexity index is 1360. The molecule has 5 aromatic rings. The minimum atomic E-state index is -4.58. The third kappa shape index (κ3) is 14.6. The van der Waals surface area contributed by atoms with E-state index in [1.807, 2.05) is 114 Å². The van der Waals surface area contributed by atoms with Gasteiger partial charge in [-0.1, -0.05) is 60.7 Å². The van der Waals surface area contributed by atoms with Crippen LogP contribution in [-0.2, 0) is 62.4 Å². The minimum Gasteiger partial charge on any atom is -0.848 e. The van der Waals surface area contributed by atoms with Crippen molar-refractivity contribution in [1.29, 1.82) is 0 Å². The summed E-state index contributed by atoms with van der Waals surface area (Å²) in [6.45, 7) is 4.97. The lowest BCUT2D eigenvalue weighted by Gasteiger charge is -2.53. The first kappa shape index (κ1) is 35.9. The predicted molar refractivity (Wildman–Crippen MR) is 168 cm³/mol. The zero-order valence-electron chi connectivity index (χ0n) is 26.3. The minimum absolute atomic E-state index is 0.292. The molecule has 3 heterocycles. The fourth-order valence-corrected chi connectivity index (χ4v) is 7.22. The largest absolute Gasteiger partial charge is 0.848 e. The molecule has 0 radical (unpaired) electrons. The zero-order chi connectivity index (χ0) is 31.7. The normalized spacial score (nSPS) is 10.7. The van der Waals surface area contributed by atoms with E-state index in [1.54, 1.807) is 0 Å². The third-order valence-electron chi connectivity index (χ3n) is 6.24. The second kappa shape index (κ2) is 19.1. The molecule has 2 aromatic carbocycles. The molecular weight excluding hydrogens is 579 g/mol. The van der Waals surface area contributed by atoms with Crippen LogP contribution in [0.5, 0.6) is 0 Å². The number of hydrogen-bond acceptors (Lipinski definition) is 3. The summed E-state index contributed by atoms with van der Waals surface area (Å²) < 4.78 is 12.5. The quantitative estimate of drug-likeness (QED) is 0.204. The SMILES string of the molecule is CC[n+]1ccn(C)c1.CC[n+]1ccn(C)c1.CC[n+]1ccn(C)c1.[O-]P([O-])([O-])=S(Cc1ccccc1)Cc1ccccc1. The number of nitrogens with zero attached hydrogens (tertiary/aromatic N) is 6. The number of aromatic nitrogens is 6. The van der Waals surface area contributed by atoms with Crippen LogP contribution in [0.15, 0.2) is 117 Å². The highest BCUT2D eigenvalue weighted by molar-refractivity contribution is 8.25. The molecule has 234 valence electrons. The molecule has 0 aliphatic rings. The van der Waals surface area contributed by atoms with Crippen molar-refractivity contribution >= 4 is 16.8 Å². The number of imidazole rings is 3. The van der Waals surface area contributed by atoms with Gasteiger partial charge >= 0.3 is 0 Å². The highest BCUT2D eigenvalue weighted by Gasteiger charge is 1.99. The van der Waals surface area contributed by atoms with E-state index >= 15 is 0 Å². The zero-order valence-corrected chi connectivity index (χ0v) is 28.0. The third-order valence-corrected chi connectivity index (χ3v) is 10.9. The molecule has 0 saturated carbocycles. The Balaban J connectivity index is 0.000000223. The number of benzene rings is 2. The van der Waals surface area contributed by atoms with Gasteiger partial charge in [-0.3, -0.25) is 0 Å². The van der Waals surface area contributed by atoms with Gasteiger partial charge in [0.15, 0.2) is 0 Å². The van der Waals surface area contributed by atoms with Crippen LogP contribution >= 0.6 is 6.72 Å². The lowest BCUT2D eigenvalue weighted by molar-refractivity contribution is -0.693. The van der Waals surface area contributed by atoms with E-state index in [0.29, 0.717) is 11.5 Å². The van der Waals surface area contributed by atoms with Gasteiger partial charge in [-0.05, 0) is 31.9 Å². The van der Waals surface area contributed by atoms with Crippen molar-refractivity contribution in [1.82, 2.24) is 13.7 Å². The molecule has 0 amide bonds.